The molecule has 0 aliphatic carbocycles. The maximum absolute atomic E-state index is 11.5. The standard InChI is InChI=1S/C12H10N4O3S/c1-20(18,19)9-4-2-8(3-5-9)10-6-15-16-11(10)13-7-14-12(16)17/h2-7H,1H3,(H,13,14,17). The molecule has 0 amide bonds. The third kappa shape index (κ3) is 1.99. The van der Waals surface area contributed by atoms with Crippen molar-refractivity contribution in [3.8, 4) is 11.1 Å². The van der Waals surface area contributed by atoms with E-state index in [1.165, 1.54) is 24.7 Å². The summed E-state index contributed by atoms with van der Waals surface area (Å²) in [7, 11) is -3.23. The summed E-state index contributed by atoms with van der Waals surface area (Å²) in [6, 6.07) is 6.36. The molecule has 1 aromatic carbocycles. The van der Waals surface area contributed by atoms with Gasteiger partial charge in [0.25, 0.3) is 0 Å². The van der Waals surface area contributed by atoms with E-state index in [0.29, 0.717) is 11.2 Å². The highest BCUT2D eigenvalue weighted by atomic mass is 32.2. The molecule has 1 N–H and O–H groups in total. The van der Waals surface area contributed by atoms with Gasteiger partial charge >= 0.3 is 5.69 Å². The van der Waals surface area contributed by atoms with E-state index in [9.17, 15) is 13.2 Å². The minimum Gasteiger partial charge on any atom is -0.296 e. The maximum atomic E-state index is 11.5. The molecule has 0 saturated carbocycles. The SMILES string of the molecule is CS(=O)(=O)c1ccc(-c2cnn3c(=O)[nH]cnc23)cc1. The van der Waals surface area contributed by atoms with Gasteiger partial charge in [0.1, 0.15) is 0 Å². The van der Waals surface area contributed by atoms with Crippen LogP contribution < -0.4 is 5.69 Å². The molecule has 102 valence electrons. The van der Waals surface area contributed by atoms with Crippen LogP contribution in [-0.4, -0.2) is 34.3 Å². The quantitative estimate of drug-likeness (QED) is 0.740. The zero-order valence-electron chi connectivity index (χ0n) is 10.4. The molecule has 7 nitrogen and oxygen atoms in total. The van der Waals surface area contributed by atoms with Crippen LogP contribution in [0.1, 0.15) is 0 Å². The van der Waals surface area contributed by atoms with Gasteiger partial charge in [-0.1, -0.05) is 12.1 Å². The normalized spacial score (nSPS) is 11.8. The molecule has 20 heavy (non-hydrogen) atoms. The summed E-state index contributed by atoms with van der Waals surface area (Å²) >= 11 is 0. The number of hydrogen-bond acceptors (Lipinski definition) is 5. The summed E-state index contributed by atoms with van der Waals surface area (Å²) < 4.78 is 24.0. The number of nitrogens with one attached hydrogen (secondary N) is 1. The molecule has 0 bridgehead atoms. The molecular formula is C12H10N4O3S. The molecule has 0 aliphatic rings. The molecule has 2 heterocycles. The Morgan fingerprint density at radius 3 is 2.55 bits per heavy atom. The van der Waals surface area contributed by atoms with E-state index in [1.807, 2.05) is 0 Å². The van der Waals surface area contributed by atoms with E-state index >= 15 is 0 Å². The molecular weight excluding hydrogens is 280 g/mol. The number of fused-ring (bicyclic) bond motifs is 1. The average molecular weight is 290 g/mol. The van der Waals surface area contributed by atoms with E-state index in [4.69, 9.17) is 0 Å². The van der Waals surface area contributed by atoms with Gasteiger partial charge in [0.15, 0.2) is 15.5 Å². The first-order valence-electron chi connectivity index (χ1n) is 5.69. The molecule has 0 spiro atoms. The number of H-pyrrole nitrogens is 1. The second-order valence-electron chi connectivity index (χ2n) is 4.30. The molecule has 0 unspecified atom stereocenters. The zero-order chi connectivity index (χ0) is 14.3. The van der Waals surface area contributed by atoms with E-state index in [2.05, 4.69) is 15.1 Å². The van der Waals surface area contributed by atoms with Crippen LogP contribution in [0, 0.1) is 0 Å². The van der Waals surface area contributed by atoms with Crippen molar-refractivity contribution in [2.75, 3.05) is 6.26 Å². The number of benzene rings is 1. The van der Waals surface area contributed by atoms with Crippen molar-refractivity contribution in [2.24, 2.45) is 0 Å². The van der Waals surface area contributed by atoms with Gasteiger partial charge < -0.3 is 0 Å². The van der Waals surface area contributed by atoms with Gasteiger partial charge in [0.2, 0.25) is 0 Å². The van der Waals surface area contributed by atoms with Crippen LogP contribution in [0.25, 0.3) is 16.8 Å². The van der Waals surface area contributed by atoms with Gasteiger partial charge in [0, 0.05) is 11.8 Å². The van der Waals surface area contributed by atoms with Crippen molar-refractivity contribution in [1.82, 2.24) is 19.6 Å². The molecule has 0 fully saturated rings. The molecule has 0 saturated heterocycles. The highest BCUT2D eigenvalue weighted by molar-refractivity contribution is 7.90. The second-order valence-corrected chi connectivity index (χ2v) is 6.31. The van der Waals surface area contributed by atoms with E-state index < -0.39 is 9.84 Å². The number of nitrogens with zero attached hydrogens (tertiary/aromatic N) is 3. The largest absolute Gasteiger partial charge is 0.349 e. The Labute approximate surface area is 113 Å². The molecule has 0 radical (unpaired) electrons. The molecule has 0 aliphatic heterocycles. The number of sulfone groups is 1. The fourth-order valence-corrected chi connectivity index (χ4v) is 2.54. The van der Waals surface area contributed by atoms with E-state index in [-0.39, 0.29) is 10.6 Å². The summed E-state index contributed by atoms with van der Waals surface area (Å²) in [6.45, 7) is 0. The number of aromatic nitrogens is 4. The average Bonchev–Trinajstić information content (AvgIpc) is 2.83. The summed E-state index contributed by atoms with van der Waals surface area (Å²) in [5.74, 6) is 0. The highest BCUT2D eigenvalue weighted by Crippen LogP contribution is 2.23. The molecule has 3 aromatic rings. The summed E-state index contributed by atoms with van der Waals surface area (Å²) in [6.07, 6.45) is 3.97. The lowest BCUT2D eigenvalue weighted by molar-refractivity contribution is 0.602. The summed E-state index contributed by atoms with van der Waals surface area (Å²) in [5.41, 5.74) is 1.44. The number of hydrogen-bond donors (Lipinski definition) is 1. The smallest absolute Gasteiger partial charge is 0.296 e. The van der Waals surface area contributed by atoms with Crippen molar-refractivity contribution in [3.05, 3.63) is 47.3 Å². The monoisotopic (exact) mass is 290 g/mol. The third-order valence-electron chi connectivity index (χ3n) is 2.90. The van der Waals surface area contributed by atoms with Gasteiger partial charge in [-0.05, 0) is 17.7 Å². The first kappa shape index (κ1) is 12.5. The van der Waals surface area contributed by atoms with Crippen molar-refractivity contribution in [2.45, 2.75) is 4.90 Å². The minimum atomic E-state index is -3.23. The highest BCUT2D eigenvalue weighted by Gasteiger charge is 2.11. The van der Waals surface area contributed by atoms with E-state index in [0.717, 1.165) is 16.3 Å². The van der Waals surface area contributed by atoms with Crippen LogP contribution >= 0.6 is 0 Å². The van der Waals surface area contributed by atoms with Gasteiger partial charge in [-0.25, -0.2) is 18.2 Å². The van der Waals surface area contributed by atoms with Crippen LogP contribution in [0.4, 0.5) is 0 Å². The van der Waals surface area contributed by atoms with Crippen molar-refractivity contribution < 1.29 is 8.42 Å². The molecule has 2 aromatic heterocycles. The van der Waals surface area contributed by atoms with Crippen molar-refractivity contribution >= 4 is 15.5 Å². The molecule has 3 rings (SSSR count). The lowest BCUT2D eigenvalue weighted by atomic mass is 10.1. The predicted octanol–water partition coefficient (Wildman–Crippen LogP) is 0.488. The Balaban J connectivity index is 2.17. The van der Waals surface area contributed by atoms with Crippen LogP contribution in [0.2, 0.25) is 0 Å². The number of rotatable bonds is 2. The van der Waals surface area contributed by atoms with Gasteiger partial charge in [-0.3, -0.25) is 4.98 Å². The lowest BCUT2D eigenvalue weighted by Crippen LogP contribution is -2.17. The first-order valence-corrected chi connectivity index (χ1v) is 7.58. The van der Waals surface area contributed by atoms with Gasteiger partial charge in [0.05, 0.1) is 17.4 Å². The fraction of sp³-hybridized carbons (Fsp3) is 0.0833. The Morgan fingerprint density at radius 1 is 1.20 bits per heavy atom. The Bertz CT molecular complexity index is 939. The lowest BCUT2D eigenvalue weighted by Gasteiger charge is -2.01. The Kier molecular flexibility index (Phi) is 2.68. The van der Waals surface area contributed by atoms with Crippen LogP contribution in [0.15, 0.2) is 46.5 Å². The van der Waals surface area contributed by atoms with Gasteiger partial charge in [-0.2, -0.15) is 9.61 Å². The second kappa shape index (κ2) is 4.27. The maximum Gasteiger partial charge on any atom is 0.349 e. The summed E-state index contributed by atoms with van der Waals surface area (Å²) in [5, 5.41) is 3.96. The number of aromatic amines is 1. The molecule has 8 heteroatoms. The Hall–Kier alpha value is -2.48. The Morgan fingerprint density at radius 2 is 1.90 bits per heavy atom. The van der Waals surface area contributed by atoms with Crippen molar-refractivity contribution in [3.63, 3.8) is 0 Å². The third-order valence-corrected chi connectivity index (χ3v) is 4.03. The van der Waals surface area contributed by atoms with E-state index in [1.54, 1.807) is 12.1 Å². The van der Waals surface area contributed by atoms with Crippen LogP contribution in [-0.2, 0) is 9.84 Å². The minimum absolute atomic E-state index is 0.239. The molecule has 0 atom stereocenters. The first-order chi connectivity index (χ1) is 9.47. The predicted molar refractivity (Wildman–Crippen MR) is 72.2 cm³/mol. The van der Waals surface area contributed by atoms with Gasteiger partial charge in [-0.15, -0.1) is 0 Å². The van der Waals surface area contributed by atoms with Crippen LogP contribution in [0.5, 0.6) is 0 Å². The van der Waals surface area contributed by atoms with Crippen LogP contribution in [0.3, 0.4) is 0 Å². The fourth-order valence-electron chi connectivity index (χ4n) is 1.91. The zero-order valence-corrected chi connectivity index (χ0v) is 11.3. The topological polar surface area (TPSA) is 97.2 Å². The summed E-state index contributed by atoms with van der Waals surface area (Å²) in [4.78, 5) is 18.3. The van der Waals surface area contributed by atoms with Crippen molar-refractivity contribution in [1.29, 1.82) is 0 Å².